The van der Waals surface area contributed by atoms with E-state index >= 15 is 0 Å². The van der Waals surface area contributed by atoms with Gasteiger partial charge in [-0.2, -0.15) is 18.3 Å². The molecule has 2 aliphatic heterocycles. The number of ether oxygens (including phenoxy) is 1. The minimum absolute atomic E-state index is 0.0536. The summed E-state index contributed by atoms with van der Waals surface area (Å²) in [6.45, 7) is 5.77. The highest BCUT2D eigenvalue weighted by Crippen LogP contribution is 2.32. The molecule has 3 aromatic heterocycles. The van der Waals surface area contributed by atoms with Crippen molar-refractivity contribution in [1.82, 2.24) is 24.6 Å². The number of nitrogens with zero attached hydrogens (tertiary/aromatic N) is 5. The van der Waals surface area contributed by atoms with E-state index in [0.717, 1.165) is 85.6 Å². The molecule has 0 spiro atoms. The van der Waals surface area contributed by atoms with E-state index in [-0.39, 0.29) is 12.3 Å². The van der Waals surface area contributed by atoms with Crippen LogP contribution in [0.3, 0.4) is 0 Å². The van der Waals surface area contributed by atoms with Crippen LogP contribution in [0.5, 0.6) is 0 Å². The molecule has 5 heterocycles. The molecule has 38 heavy (non-hydrogen) atoms. The number of hydrogen-bond acceptors (Lipinski definition) is 5. The summed E-state index contributed by atoms with van der Waals surface area (Å²) in [7, 11) is 0. The maximum absolute atomic E-state index is 13.0. The smallest absolute Gasteiger partial charge is 0.357 e. The van der Waals surface area contributed by atoms with Gasteiger partial charge in [0, 0.05) is 67.7 Å². The zero-order chi connectivity index (χ0) is 26.3. The molecule has 4 aromatic rings. The predicted octanol–water partition coefficient (Wildman–Crippen LogP) is 5.86. The number of H-pyrrole nitrogens is 1. The lowest BCUT2D eigenvalue weighted by Crippen LogP contribution is -2.51. The van der Waals surface area contributed by atoms with Crippen molar-refractivity contribution in [3.63, 3.8) is 0 Å². The van der Waals surface area contributed by atoms with E-state index < -0.39 is 11.7 Å². The maximum Gasteiger partial charge on any atom is 0.417 e. The quantitative estimate of drug-likeness (QED) is 0.355. The van der Waals surface area contributed by atoms with Crippen molar-refractivity contribution in [1.29, 1.82) is 0 Å². The minimum Gasteiger partial charge on any atom is -0.357 e. The fourth-order valence-electron chi connectivity index (χ4n) is 5.53. The fourth-order valence-corrected chi connectivity index (χ4v) is 5.53. The van der Waals surface area contributed by atoms with Crippen LogP contribution in [0, 0.1) is 0 Å². The summed E-state index contributed by atoms with van der Waals surface area (Å²) in [6.07, 6.45) is 1.75. The van der Waals surface area contributed by atoms with E-state index in [4.69, 9.17) is 9.84 Å². The van der Waals surface area contributed by atoms with Crippen LogP contribution in [0.2, 0.25) is 0 Å². The number of anilines is 1. The van der Waals surface area contributed by atoms with Gasteiger partial charge in [0.1, 0.15) is 17.7 Å². The molecule has 6 rings (SSSR count). The van der Waals surface area contributed by atoms with Crippen molar-refractivity contribution < 1.29 is 17.9 Å². The lowest BCUT2D eigenvalue weighted by Gasteiger charge is -2.40. The lowest BCUT2D eigenvalue weighted by atomic mass is 10.1. The number of para-hydroxylation sites is 1. The number of alkyl halides is 3. The summed E-state index contributed by atoms with van der Waals surface area (Å²) in [5, 5.41) is 6.14. The number of rotatable bonds is 5. The molecule has 1 aromatic carbocycles. The zero-order valence-corrected chi connectivity index (χ0v) is 21.3. The van der Waals surface area contributed by atoms with E-state index in [0.29, 0.717) is 12.4 Å². The molecule has 0 radical (unpaired) electrons. The Kier molecular flexibility index (Phi) is 6.61. The van der Waals surface area contributed by atoms with Gasteiger partial charge in [-0.1, -0.05) is 18.2 Å². The summed E-state index contributed by atoms with van der Waals surface area (Å²) in [6, 6.07) is 13.0. The number of hydrogen-bond donors (Lipinski definition) is 1. The normalized spacial score (nSPS) is 21.3. The summed E-state index contributed by atoms with van der Waals surface area (Å²) in [5.41, 5.74) is 3.38. The van der Waals surface area contributed by atoms with E-state index in [1.807, 2.05) is 16.8 Å². The summed E-state index contributed by atoms with van der Waals surface area (Å²) in [5.74, 6) is 0.575. The van der Waals surface area contributed by atoms with Gasteiger partial charge in [-0.25, -0.2) is 9.67 Å². The average Bonchev–Trinajstić information content (AvgIpc) is 3.53. The van der Waals surface area contributed by atoms with Crippen LogP contribution in [-0.4, -0.2) is 56.9 Å². The first-order valence-electron chi connectivity index (χ1n) is 13.1. The molecule has 1 N–H and O–H groups in total. The largest absolute Gasteiger partial charge is 0.417 e. The van der Waals surface area contributed by atoms with Crippen LogP contribution in [0.15, 0.2) is 54.9 Å². The van der Waals surface area contributed by atoms with Crippen LogP contribution in [0.1, 0.15) is 43.5 Å². The molecular weight excluding hydrogens is 493 g/mol. The molecular formula is C28H31F3N6O. The molecule has 7 nitrogen and oxygen atoms in total. The van der Waals surface area contributed by atoms with Crippen LogP contribution < -0.4 is 4.90 Å². The summed E-state index contributed by atoms with van der Waals surface area (Å²) < 4.78 is 46.9. The molecule has 2 atom stereocenters. The standard InChI is InChI=1S/C28H31F3N6O/c1-19-16-35(11-12-36(19)25-10-9-22(15-32-25)28(29,30)31)17-21-18-37(26-8-4-5-13-38-26)34-27(21)24-14-20-6-2-3-7-23(20)33-24/h2-3,6-7,9-10,14-15,18-19,26,33H,4-5,8,11-13,16-17H2,1H3/t19-,26?/m1/s1. The van der Waals surface area contributed by atoms with Crippen LogP contribution in [-0.2, 0) is 17.5 Å². The molecule has 0 amide bonds. The highest BCUT2D eigenvalue weighted by molar-refractivity contribution is 5.85. The van der Waals surface area contributed by atoms with Gasteiger partial charge in [-0.15, -0.1) is 0 Å². The van der Waals surface area contributed by atoms with Gasteiger partial charge >= 0.3 is 6.18 Å². The molecule has 10 heteroatoms. The molecule has 1 unspecified atom stereocenters. The third-order valence-electron chi connectivity index (χ3n) is 7.52. The molecule has 2 aliphatic rings. The number of piperazine rings is 1. The number of pyridine rings is 1. The van der Waals surface area contributed by atoms with E-state index in [1.165, 1.54) is 6.07 Å². The molecule has 0 bridgehead atoms. The Morgan fingerprint density at radius 1 is 1.11 bits per heavy atom. The van der Waals surface area contributed by atoms with Crippen molar-refractivity contribution in [3.8, 4) is 11.4 Å². The van der Waals surface area contributed by atoms with E-state index in [1.54, 1.807) is 0 Å². The van der Waals surface area contributed by atoms with E-state index in [2.05, 4.69) is 51.1 Å². The summed E-state index contributed by atoms with van der Waals surface area (Å²) >= 11 is 0. The number of nitrogens with one attached hydrogen (secondary N) is 1. The number of halogens is 3. The topological polar surface area (TPSA) is 62.2 Å². The third-order valence-corrected chi connectivity index (χ3v) is 7.52. The number of fused-ring (bicyclic) bond motifs is 1. The minimum atomic E-state index is -4.38. The van der Waals surface area contributed by atoms with E-state index in [9.17, 15) is 13.2 Å². The Balaban J connectivity index is 1.22. The Labute approximate surface area is 219 Å². The molecule has 0 aliphatic carbocycles. The van der Waals surface area contributed by atoms with Crippen LogP contribution in [0.4, 0.5) is 19.0 Å². The van der Waals surface area contributed by atoms with Gasteiger partial charge in [0.15, 0.2) is 0 Å². The van der Waals surface area contributed by atoms with Gasteiger partial charge in [-0.05, 0) is 50.5 Å². The Hall–Kier alpha value is -3.37. The maximum atomic E-state index is 13.0. The van der Waals surface area contributed by atoms with Gasteiger partial charge < -0.3 is 14.6 Å². The zero-order valence-electron chi connectivity index (χ0n) is 21.3. The second-order valence-corrected chi connectivity index (χ2v) is 10.3. The van der Waals surface area contributed by atoms with Gasteiger partial charge in [0.2, 0.25) is 0 Å². The Morgan fingerprint density at radius 2 is 1.97 bits per heavy atom. The number of aromatic amines is 1. The first-order valence-corrected chi connectivity index (χ1v) is 13.1. The predicted molar refractivity (Wildman–Crippen MR) is 140 cm³/mol. The number of benzene rings is 1. The van der Waals surface area contributed by atoms with Gasteiger partial charge in [0.25, 0.3) is 0 Å². The first-order chi connectivity index (χ1) is 18.3. The van der Waals surface area contributed by atoms with Crippen molar-refractivity contribution in [2.45, 2.75) is 51.2 Å². The van der Waals surface area contributed by atoms with Crippen molar-refractivity contribution in [3.05, 3.63) is 66.0 Å². The van der Waals surface area contributed by atoms with Gasteiger partial charge in [0.05, 0.1) is 11.3 Å². The Bertz CT molecular complexity index is 1360. The number of aromatic nitrogens is 4. The SMILES string of the molecule is C[C@@H]1CN(Cc2cn(C3CCCCO3)nc2-c2cc3ccccc3[nH]2)CCN1c1ccc(C(F)(F)F)cn1. The third kappa shape index (κ3) is 5.02. The average molecular weight is 525 g/mol. The van der Waals surface area contributed by atoms with Crippen molar-refractivity contribution in [2.24, 2.45) is 0 Å². The highest BCUT2D eigenvalue weighted by atomic mass is 19.4. The van der Waals surface area contributed by atoms with Crippen molar-refractivity contribution >= 4 is 16.7 Å². The lowest BCUT2D eigenvalue weighted by molar-refractivity contribution is -0.137. The molecule has 0 saturated carbocycles. The monoisotopic (exact) mass is 524 g/mol. The molecule has 2 saturated heterocycles. The Morgan fingerprint density at radius 3 is 2.68 bits per heavy atom. The first kappa shape index (κ1) is 24.9. The van der Waals surface area contributed by atoms with Crippen LogP contribution >= 0.6 is 0 Å². The molecule has 2 fully saturated rings. The fraction of sp³-hybridized carbons (Fsp3) is 0.429. The molecule has 200 valence electrons. The second kappa shape index (κ2) is 10.1. The van der Waals surface area contributed by atoms with Crippen molar-refractivity contribution in [2.75, 3.05) is 31.1 Å². The van der Waals surface area contributed by atoms with Gasteiger partial charge in [-0.3, -0.25) is 4.90 Å². The highest BCUT2D eigenvalue weighted by Gasteiger charge is 2.32. The van der Waals surface area contributed by atoms with Crippen LogP contribution in [0.25, 0.3) is 22.3 Å². The second-order valence-electron chi connectivity index (χ2n) is 10.3. The summed E-state index contributed by atoms with van der Waals surface area (Å²) in [4.78, 5) is 12.1.